The molecule has 1 atom stereocenters. The van der Waals surface area contributed by atoms with Gasteiger partial charge in [-0.1, -0.05) is 6.07 Å². The van der Waals surface area contributed by atoms with Gasteiger partial charge in [-0.05, 0) is 42.8 Å². The van der Waals surface area contributed by atoms with Crippen molar-refractivity contribution < 1.29 is 19.0 Å². The Balaban J connectivity index is 1.82. The Bertz CT molecular complexity index is 1520. The lowest BCUT2D eigenvalue weighted by molar-refractivity contribution is -0.131. The van der Waals surface area contributed by atoms with Crippen LogP contribution in [0.4, 0.5) is 5.69 Å². The second-order valence-corrected chi connectivity index (χ2v) is 7.91. The van der Waals surface area contributed by atoms with Crippen molar-refractivity contribution >= 4 is 17.5 Å². The number of ether oxygens (including phenoxy) is 3. The molecule has 0 spiro atoms. The number of anilines is 1. The van der Waals surface area contributed by atoms with Gasteiger partial charge in [-0.25, -0.2) is 14.8 Å². The lowest BCUT2D eigenvalue weighted by Crippen LogP contribution is -2.18. The first-order chi connectivity index (χ1) is 18.3. The van der Waals surface area contributed by atoms with Gasteiger partial charge in [0.05, 0.1) is 19.3 Å². The maximum absolute atomic E-state index is 12.8. The van der Waals surface area contributed by atoms with Crippen LogP contribution in [0.1, 0.15) is 36.8 Å². The topological polar surface area (TPSA) is 183 Å². The van der Waals surface area contributed by atoms with Crippen LogP contribution in [0, 0.1) is 5.41 Å². The van der Waals surface area contributed by atoms with Crippen molar-refractivity contribution in [3.8, 4) is 23.2 Å². The number of nitrogen functional groups attached to an aromatic ring is 1. The van der Waals surface area contributed by atoms with Crippen LogP contribution in [0.5, 0.6) is 17.2 Å². The highest BCUT2D eigenvalue weighted by Gasteiger charge is 2.23. The first-order valence-electron chi connectivity index (χ1n) is 11.5. The summed E-state index contributed by atoms with van der Waals surface area (Å²) in [5.74, 6) is 0.672. The maximum atomic E-state index is 12.8. The molecule has 196 valence electrons. The Morgan fingerprint density at radius 2 is 1.92 bits per heavy atom. The van der Waals surface area contributed by atoms with E-state index in [-0.39, 0.29) is 28.9 Å². The Kier molecular flexibility index (Phi) is 7.66. The van der Waals surface area contributed by atoms with Crippen LogP contribution < -0.4 is 31.0 Å². The van der Waals surface area contributed by atoms with Crippen molar-refractivity contribution in [2.75, 3.05) is 19.0 Å². The van der Waals surface area contributed by atoms with Gasteiger partial charge in [-0.3, -0.25) is 15.2 Å². The van der Waals surface area contributed by atoms with E-state index in [2.05, 4.69) is 25.4 Å². The molecule has 0 aliphatic rings. The summed E-state index contributed by atoms with van der Waals surface area (Å²) in [7, 11) is 1.54. The average Bonchev–Trinajstić information content (AvgIpc) is 3.28. The summed E-state index contributed by atoms with van der Waals surface area (Å²) in [5.41, 5.74) is 6.54. The van der Waals surface area contributed by atoms with E-state index in [1.807, 2.05) is 6.92 Å². The number of aromatic amines is 1. The fraction of sp³-hybridized carbons (Fsp3) is 0.200. The summed E-state index contributed by atoms with van der Waals surface area (Å²) in [4.78, 5) is 35.4. The summed E-state index contributed by atoms with van der Waals surface area (Å²) in [6.45, 7) is 3.52. The monoisotopic (exact) mass is 518 g/mol. The number of nitrogens with zero attached hydrogens (tertiary/aromatic N) is 4. The number of carbonyl (C=O) groups is 1. The minimum absolute atomic E-state index is 0.103. The van der Waals surface area contributed by atoms with Crippen molar-refractivity contribution in [3.63, 3.8) is 0 Å². The SMILES string of the molecule is CCOc1cc(C(Nc2ccc(C(=N)N)c(OC(C)=O)c2)c2nn(-c3ncccn3)c(=O)[nH]2)ccc1OC. The van der Waals surface area contributed by atoms with Crippen molar-refractivity contribution in [2.45, 2.75) is 19.9 Å². The highest BCUT2D eigenvalue weighted by molar-refractivity contribution is 5.98. The van der Waals surface area contributed by atoms with Crippen LogP contribution in [0.15, 0.2) is 59.7 Å². The standard InChI is InChI=1S/C25H26N8O5/c1-4-37-20-12-15(6-9-18(20)36-3)21(23-31-25(35)33(32-23)24-28-10-5-11-29-24)30-16-7-8-17(22(26)27)19(13-16)38-14(2)34/h5-13,21,30H,4H2,1-3H3,(H3,26,27)(H,31,32,35). The second kappa shape index (κ2) is 11.2. The molecule has 0 aliphatic carbocycles. The highest BCUT2D eigenvalue weighted by Crippen LogP contribution is 2.34. The van der Waals surface area contributed by atoms with E-state index >= 15 is 0 Å². The number of aromatic nitrogens is 5. The van der Waals surface area contributed by atoms with Crippen molar-refractivity contribution in [1.82, 2.24) is 24.7 Å². The number of amidine groups is 1. The van der Waals surface area contributed by atoms with Crippen LogP contribution in [0.3, 0.4) is 0 Å². The lowest BCUT2D eigenvalue weighted by atomic mass is 10.0. The molecule has 4 aromatic rings. The van der Waals surface area contributed by atoms with Crippen molar-refractivity contribution in [1.29, 1.82) is 5.41 Å². The second-order valence-electron chi connectivity index (χ2n) is 7.91. The Morgan fingerprint density at radius 3 is 2.58 bits per heavy atom. The molecule has 2 heterocycles. The molecule has 0 fully saturated rings. The zero-order valence-electron chi connectivity index (χ0n) is 20.9. The zero-order chi connectivity index (χ0) is 27.2. The van der Waals surface area contributed by atoms with E-state index in [0.717, 1.165) is 4.68 Å². The quantitative estimate of drug-likeness (QED) is 0.105. The van der Waals surface area contributed by atoms with Gasteiger partial charge in [0.15, 0.2) is 17.3 Å². The number of rotatable bonds is 10. The van der Waals surface area contributed by atoms with Crippen LogP contribution in [0.25, 0.3) is 5.95 Å². The van der Waals surface area contributed by atoms with Crippen LogP contribution in [-0.4, -0.2) is 50.3 Å². The first kappa shape index (κ1) is 25.9. The van der Waals surface area contributed by atoms with Gasteiger partial charge in [0, 0.05) is 31.1 Å². The molecule has 0 amide bonds. The van der Waals surface area contributed by atoms with E-state index in [9.17, 15) is 9.59 Å². The normalized spacial score (nSPS) is 11.4. The molecule has 2 aromatic carbocycles. The number of benzene rings is 2. The Hall–Kier alpha value is -5.20. The summed E-state index contributed by atoms with van der Waals surface area (Å²) in [6, 6.07) is 11.0. The van der Waals surface area contributed by atoms with Crippen molar-refractivity contribution in [3.05, 3.63) is 82.3 Å². The molecular weight excluding hydrogens is 492 g/mol. The summed E-state index contributed by atoms with van der Waals surface area (Å²) < 4.78 is 17.5. The van der Waals surface area contributed by atoms with Gasteiger partial charge < -0.3 is 25.3 Å². The molecule has 1 unspecified atom stereocenters. The molecule has 13 heteroatoms. The Morgan fingerprint density at radius 1 is 1.16 bits per heavy atom. The van der Waals surface area contributed by atoms with E-state index in [1.165, 1.54) is 25.4 Å². The smallest absolute Gasteiger partial charge is 0.350 e. The number of H-pyrrole nitrogens is 1. The number of carbonyl (C=O) groups excluding carboxylic acids is 1. The van der Waals surface area contributed by atoms with Gasteiger partial charge >= 0.3 is 11.7 Å². The third-order valence-electron chi connectivity index (χ3n) is 5.31. The predicted molar refractivity (Wildman–Crippen MR) is 138 cm³/mol. The van der Waals surface area contributed by atoms with E-state index < -0.39 is 17.7 Å². The molecule has 0 radical (unpaired) electrons. The lowest BCUT2D eigenvalue weighted by Gasteiger charge is -2.21. The van der Waals surface area contributed by atoms with Gasteiger partial charge in [0.2, 0.25) is 0 Å². The molecule has 13 nitrogen and oxygen atoms in total. The summed E-state index contributed by atoms with van der Waals surface area (Å²) in [6.07, 6.45) is 3.01. The fourth-order valence-corrected chi connectivity index (χ4v) is 3.70. The maximum Gasteiger partial charge on any atom is 0.350 e. The molecule has 0 saturated carbocycles. The number of nitrogens with two attached hydrogens (primary N) is 1. The fourth-order valence-electron chi connectivity index (χ4n) is 3.70. The van der Waals surface area contributed by atoms with Crippen molar-refractivity contribution in [2.24, 2.45) is 5.73 Å². The zero-order valence-corrected chi connectivity index (χ0v) is 20.9. The molecule has 0 bridgehead atoms. The van der Waals surface area contributed by atoms with E-state index in [0.29, 0.717) is 29.4 Å². The largest absolute Gasteiger partial charge is 0.493 e. The number of esters is 1. The highest BCUT2D eigenvalue weighted by atomic mass is 16.5. The third-order valence-corrected chi connectivity index (χ3v) is 5.31. The number of hydrogen-bond donors (Lipinski definition) is 4. The van der Waals surface area contributed by atoms with Gasteiger partial charge in [-0.2, -0.15) is 0 Å². The third kappa shape index (κ3) is 5.61. The molecule has 38 heavy (non-hydrogen) atoms. The summed E-state index contributed by atoms with van der Waals surface area (Å²) in [5, 5.41) is 15.5. The molecule has 0 aliphatic heterocycles. The first-order valence-corrected chi connectivity index (χ1v) is 11.5. The number of nitrogens with one attached hydrogen (secondary N) is 3. The average molecular weight is 519 g/mol. The van der Waals surface area contributed by atoms with Gasteiger partial charge in [0.25, 0.3) is 5.95 Å². The predicted octanol–water partition coefficient (Wildman–Crippen LogP) is 2.17. The summed E-state index contributed by atoms with van der Waals surface area (Å²) >= 11 is 0. The van der Waals surface area contributed by atoms with E-state index in [4.69, 9.17) is 25.4 Å². The minimum atomic E-state index is -0.717. The molecular formula is C25H26N8O5. The van der Waals surface area contributed by atoms with Crippen LogP contribution in [0.2, 0.25) is 0 Å². The number of hydrogen-bond acceptors (Lipinski definition) is 10. The van der Waals surface area contributed by atoms with Gasteiger partial charge in [0.1, 0.15) is 17.6 Å². The van der Waals surface area contributed by atoms with Crippen LogP contribution >= 0.6 is 0 Å². The molecule has 2 aromatic heterocycles. The number of methoxy groups -OCH3 is 1. The molecule has 0 saturated heterocycles. The molecule has 5 N–H and O–H groups in total. The van der Waals surface area contributed by atoms with E-state index in [1.54, 1.807) is 43.5 Å². The Labute approximate surface area is 217 Å². The van der Waals surface area contributed by atoms with Gasteiger partial charge in [-0.15, -0.1) is 9.78 Å². The minimum Gasteiger partial charge on any atom is -0.493 e. The van der Waals surface area contributed by atoms with Crippen LogP contribution in [-0.2, 0) is 4.79 Å². The molecule has 4 rings (SSSR count).